The third-order valence-electron chi connectivity index (χ3n) is 5.76. The zero-order valence-electron chi connectivity index (χ0n) is 18.8. The number of benzene rings is 2. The molecule has 1 aliphatic rings. The zero-order valence-corrected chi connectivity index (χ0v) is 19.8. The Kier molecular flexibility index (Phi) is 6.69. The second-order valence-electron chi connectivity index (χ2n) is 9.62. The van der Waals surface area contributed by atoms with E-state index in [1.807, 2.05) is 13.8 Å². The van der Waals surface area contributed by atoms with Gasteiger partial charge in [0.15, 0.2) is 5.79 Å². The van der Waals surface area contributed by atoms with Gasteiger partial charge in [-0.2, -0.15) is 0 Å². The highest BCUT2D eigenvalue weighted by Gasteiger charge is 2.51. The molecule has 1 fully saturated rings. The molecule has 0 spiro atoms. The molecule has 0 aromatic heterocycles. The predicted molar refractivity (Wildman–Crippen MR) is 122 cm³/mol. The molecule has 1 aliphatic heterocycles. The number of ether oxygens (including phenoxy) is 2. The van der Waals surface area contributed by atoms with Gasteiger partial charge in [0.2, 0.25) is 0 Å². The van der Waals surface area contributed by atoms with E-state index in [9.17, 15) is 0 Å². The van der Waals surface area contributed by atoms with Crippen LogP contribution in [0.15, 0.2) is 60.7 Å². The van der Waals surface area contributed by atoms with Crippen molar-refractivity contribution >= 4 is 18.7 Å². The van der Waals surface area contributed by atoms with Crippen molar-refractivity contribution in [3.63, 3.8) is 0 Å². The zero-order chi connectivity index (χ0) is 21.1. The van der Waals surface area contributed by atoms with Gasteiger partial charge in [-0.1, -0.05) is 81.4 Å². The minimum Gasteiger partial charge on any atom is -0.405 e. The van der Waals surface area contributed by atoms with Crippen LogP contribution in [-0.2, 0) is 13.9 Å². The summed E-state index contributed by atoms with van der Waals surface area (Å²) in [5.74, 6) is -0.466. The number of hydrogen-bond acceptors (Lipinski definition) is 3. The maximum atomic E-state index is 7.13. The standard InChI is InChI=1S/C25H36O3Si/c1-20(17-18-21-19-26-25(5,6)27-21)28-29(24(2,3)4,22-13-9-7-10-14-22)23-15-11-8-12-16-23/h7-16,20-21H,17-19H2,1-6H3/t20-,21+/m1/s1. The summed E-state index contributed by atoms with van der Waals surface area (Å²) in [4.78, 5) is 0. The normalized spacial score (nSPS) is 20.6. The molecule has 0 radical (unpaired) electrons. The first-order chi connectivity index (χ1) is 13.6. The predicted octanol–water partition coefficient (Wildman–Crippen LogP) is 4.88. The Hall–Kier alpha value is -1.46. The fourth-order valence-corrected chi connectivity index (χ4v) is 9.11. The molecule has 29 heavy (non-hydrogen) atoms. The summed E-state index contributed by atoms with van der Waals surface area (Å²) >= 11 is 0. The highest BCUT2D eigenvalue weighted by Crippen LogP contribution is 2.38. The van der Waals surface area contributed by atoms with E-state index in [-0.39, 0.29) is 17.2 Å². The van der Waals surface area contributed by atoms with Crippen molar-refractivity contribution in [2.45, 2.75) is 77.4 Å². The summed E-state index contributed by atoms with van der Waals surface area (Å²) in [6.07, 6.45) is 2.18. The lowest BCUT2D eigenvalue weighted by atomic mass is 10.1. The van der Waals surface area contributed by atoms with Gasteiger partial charge in [-0.05, 0) is 49.0 Å². The van der Waals surface area contributed by atoms with Crippen molar-refractivity contribution in [2.24, 2.45) is 0 Å². The molecule has 3 rings (SSSR count). The van der Waals surface area contributed by atoms with Crippen LogP contribution in [0, 0.1) is 0 Å². The van der Waals surface area contributed by atoms with Crippen LogP contribution in [0.4, 0.5) is 0 Å². The van der Waals surface area contributed by atoms with Gasteiger partial charge < -0.3 is 13.9 Å². The first kappa shape index (κ1) is 22.2. The van der Waals surface area contributed by atoms with Gasteiger partial charge >= 0.3 is 0 Å². The van der Waals surface area contributed by atoms with Gasteiger partial charge in [0.1, 0.15) is 0 Å². The van der Waals surface area contributed by atoms with Gasteiger partial charge in [0.25, 0.3) is 8.32 Å². The molecule has 158 valence electrons. The second-order valence-corrected chi connectivity index (χ2v) is 13.9. The molecule has 0 aliphatic carbocycles. The van der Waals surface area contributed by atoms with E-state index in [2.05, 4.69) is 88.4 Å². The maximum Gasteiger partial charge on any atom is 0.261 e. The van der Waals surface area contributed by atoms with E-state index in [4.69, 9.17) is 13.9 Å². The molecule has 0 saturated carbocycles. The van der Waals surface area contributed by atoms with E-state index in [1.165, 1.54) is 10.4 Å². The quantitative estimate of drug-likeness (QED) is 0.607. The molecule has 0 amide bonds. The molecule has 1 saturated heterocycles. The van der Waals surface area contributed by atoms with Crippen LogP contribution < -0.4 is 10.4 Å². The topological polar surface area (TPSA) is 27.7 Å². The summed E-state index contributed by atoms with van der Waals surface area (Å²) in [6, 6.07) is 21.7. The van der Waals surface area contributed by atoms with Crippen LogP contribution in [0.1, 0.15) is 54.4 Å². The largest absolute Gasteiger partial charge is 0.405 e. The Morgan fingerprint density at radius 3 is 1.93 bits per heavy atom. The van der Waals surface area contributed by atoms with Gasteiger partial charge in [0, 0.05) is 6.10 Å². The summed E-state index contributed by atoms with van der Waals surface area (Å²) in [7, 11) is -2.49. The lowest BCUT2D eigenvalue weighted by Gasteiger charge is -2.44. The summed E-state index contributed by atoms with van der Waals surface area (Å²) in [5, 5.41) is 2.65. The first-order valence-corrected chi connectivity index (χ1v) is 12.7. The molecule has 0 bridgehead atoms. The minimum atomic E-state index is -2.49. The highest BCUT2D eigenvalue weighted by molar-refractivity contribution is 6.99. The Balaban J connectivity index is 1.87. The third-order valence-corrected chi connectivity index (χ3v) is 10.9. The molecule has 4 heteroatoms. The fraction of sp³-hybridized carbons (Fsp3) is 0.520. The molecular formula is C25H36O3Si. The lowest BCUT2D eigenvalue weighted by Crippen LogP contribution is -2.67. The van der Waals surface area contributed by atoms with Crippen molar-refractivity contribution in [1.29, 1.82) is 0 Å². The smallest absolute Gasteiger partial charge is 0.261 e. The van der Waals surface area contributed by atoms with Crippen LogP contribution >= 0.6 is 0 Å². The fourth-order valence-electron chi connectivity index (χ4n) is 4.38. The van der Waals surface area contributed by atoms with Crippen molar-refractivity contribution in [2.75, 3.05) is 6.61 Å². The summed E-state index contributed by atoms with van der Waals surface area (Å²) < 4.78 is 18.9. The molecule has 2 atom stereocenters. The Labute approximate surface area is 177 Å². The number of rotatable bonds is 7. The summed E-state index contributed by atoms with van der Waals surface area (Å²) in [6.45, 7) is 13.8. The molecular weight excluding hydrogens is 376 g/mol. The average molecular weight is 413 g/mol. The SMILES string of the molecule is C[C@H](CC[C@H]1COC(C)(C)O1)O[Si](c1ccccc1)(c1ccccc1)C(C)(C)C. The number of hydrogen-bond donors (Lipinski definition) is 0. The van der Waals surface area contributed by atoms with Crippen molar-refractivity contribution in [3.8, 4) is 0 Å². The maximum absolute atomic E-state index is 7.13. The Morgan fingerprint density at radius 1 is 1.00 bits per heavy atom. The van der Waals surface area contributed by atoms with Gasteiger partial charge in [-0.3, -0.25) is 0 Å². The van der Waals surface area contributed by atoms with Crippen molar-refractivity contribution < 1.29 is 13.9 Å². The van der Waals surface area contributed by atoms with Crippen LogP contribution in [0.2, 0.25) is 5.04 Å². The van der Waals surface area contributed by atoms with Gasteiger partial charge in [0.05, 0.1) is 12.7 Å². The van der Waals surface area contributed by atoms with Gasteiger partial charge in [-0.25, -0.2) is 0 Å². The average Bonchev–Trinajstić information content (AvgIpc) is 3.03. The molecule has 2 aromatic carbocycles. The summed E-state index contributed by atoms with van der Waals surface area (Å²) in [5.41, 5.74) is 0. The van der Waals surface area contributed by atoms with Crippen LogP contribution in [0.3, 0.4) is 0 Å². The lowest BCUT2D eigenvalue weighted by molar-refractivity contribution is -0.139. The van der Waals surface area contributed by atoms with Crippen LogP contribution in [0.5, 0.6) is 0 Å². The Bertz CT molecular complexity index is 728. The molecule has 0 unspecified atom stereocenters. The van der Waals surface area contributed by atoms with E-state index in [0.29, 0.717) is 6.61 Å². The van der Waals surface area contributed by atoms with E-state index in [0.717, 1.165) is 12.8 Å². The van der Waals surface area contributed by atoms with E-state index in [1.54, 1.807) is 0 Å². The minimum absolute atomic E-state index is 0.00106. The first-order valence-electron chi connectivity index (χ1n) is 10.7. The monoisotopic (exact) mass is 412 g/mol. The van der Waals surface area contributed by atoms with Crippen LogP contribution in [0.25, 0.3) is 0 Å². The highest BCUT2D eigenvalue weighted by atomic mass is 28.4. The van der Waals surface area contributed by atoms with Gasteiger partial charge in [-0.15, -0.1) is 0 Å². The van der Waals surface area contributed by atoms with Crippen LogP contribution in [-0.4, -0.2) is 32.9 Å². The molecule has 2 aromatic rings. The van der Waals surface area contributed by atoms with E-state index >= 15 is 0 Å². The Morgan fingerprint density at radius 2 is 1.52 bits per heavy atom. The second kappa shape index (κ2) is 8.72. The third kappa shape index (κ3) is 5.00. The molecule has 1 heterocycles. The van der Waals surface area contributed by atoms with Crippen molar-refractivity contribution in [3.05, 3.63) is 60.7 Å². The molecule has 3 nitrogen and oxygen atoms in total. The molecule has 0 N–H and O–H groups in total. The van der Waals surface area contributed by atoms with Crippen molar-refractivity contribution in [1.82, 2.24) is 0 Å². The van der Waals surface area contributed by atoms with E-state index < -0.39 is 14.1 Å².